The smallest absolute Gasteiger partial charge is 0.361 e. The van der Waals surface area contributed by atoms with Crippen LogP contribution in [0.1, 0.15) is 29.1 Å². The minimum atomic E-state index is -4.25. The maximum Gasteiger partial charge on any atom is 0.393 e. The molecule has 0 radical (unpaired) electrons. The Hall–Kier alpha value is -1.53. The lowest BCUT2D eigenvalue weighted by molar-refractivity contribution is -0.184. The van der Waals surface area contributed by atoms with Crippen LogP contribution >= 0.6 is 0 Å². The molecule has 0 saturated carbocycles. The number of likely N-dealkylation sites (tertiary alicyclic amines) is 1. The van der Waals surface area contributed by atoms with Gasteiger partial charge in [0.1, 0.15) is 5.76 Å². The Morgan fingerprint density at radius 3 is 2.83 bits per heavy atom. The average molecular weight is 262 g/mol. The first-order chi connectivity index (χ1) is 8.38. The maximum absolute atomic E-state index is 12.6. The lowest BCUT2D eigenvalue weighted by atomic mass is 9.97. The van der Waals surface area contributed by atoms with Crippen LogP contribution in [0.4, 0.5) is 13.2 Å². The lowest BCUT2D eigenvalue weighted by Gasteiger charge is -2.33. The number of nitrogens with zero attached hydrogens (tertiary/aromatic N) is 2. The number of carbonyl (C=O) groups is 1. The van der Waals surface area contributed by atoms with Gasteiger partial charge in [0, 0.05) is 19.2 Å². The third-order valence-electron chi connectivity index (χ3n) is 3.02. The quantitative estimate of drug-likeness (QED) is 0.780. The number of aryl methyl sites for hydroxylation is 1. The van der Waals surface area contributed by atoms with Crippen LogP contribution in [0.3, 0.4) is 0 Å². The molecule has 1 unspecified atom stereocenters. The molecule has 1 aromatic heterocycles. The number of alkyl halides is 3. The molecule has 0 N–H and O–H groups in total. The molecular formula is C11H13F3N2O2. The van der Waals surface area contributed by atoms with E-state index in [0.29, 0.717) is 18.7 Å². The van der Waals surface area contributed by atoms with Gasteiger partial charge in [-0.25, -0.2) is 0 Å². The summed E-state index contributed by atoms with van der Waals surface area (Å²) < 4.78 is 42.6. The van der Waals surface area contributed by atoms with Crippen LogP contribution in [0.2, 0.25) is 0 Å². The van der Waals surface area contributed by atoms with Crippen LogP contribution in [0.15, 0.2) is 10.6 Å². The monoisotopic (exact) mass is 262 g/mol. The van der Waals surface area contributed by atoms with Gasteiger partial charge in [-0.3, -0.25) is 4.79 Å². The zero-order valence-electron chi connectivity index (χ0n) is 9.83. The van der Waals surface area contributed by atoms with Crippen molar-refractivity contribution < 1.29 is 22.5 Å². The largest absolute Gasteiger partial charge is 0.393 e. The molecule has 7 heteroatoms. The van der Waals surface area contributed by atoms with E-state index in [1.165, 1.54) is 11.0 Å². The Kier molecular flexibility index (Phi) is 3.32. The van der Waals surface area contributed by atoms with Crippen molar-refractivity contribution in [3.8, 4) is 0 Å². The fourth-order valence-corrected chi connectivity index (χ4v) is 2.06. The fourth-order valence-electron chi connectivity index (χ4n) is 2.06. The molecular weight excluding hydrogens is 249 g/mol. The van der Waals surface area contributed by atoms with Crippen molar-refractivity contribution in [1.82, 2.24) is 10.1 Å². The Morgan fingerprint density at radius 2 is 2.28 bits per heavy atom. The van der Waals surface area contributed by atoms with E-state index >= 15 is 0 Å². The highest BCUT2D eigenvalue weighted by Crippen LogP contribution is 2.33. The SMILES string of the molecule is Cc1cc(C(=O)N2CCCC(C(F)(F)F)C2)no1. The predicted molar refractivity (Wildman–Crippen MR) is 55.9 cm³/mol. The van der Waals surface area contributed by atoms with Crippen molar-refractivity contribution in [2.24, 2.45) is 5.92 Å². The van der Waals surface area contributed by atoms with Gasteiger partial charge in [0.05, 0.1) is 5.92 Å². The van der Waals surface area contributed by atoms with Crippen molar-refractivity contribution in [2.75, 3.05) is 13.1 Å². The Morgan fingerprint density at radius 1 is 1.56 bits per heavy atom. The van der Waals surface area contributed by atoms with E-state index in [0.717, 1.165) is 0 Å². The highest BCUT2D eigenvalue weighted by molar-refractivity contribution is 5.92. The van der Waals surface area contributed by atoms with Crippen LogP contribution in [-0.2, 0) is 0 Å². The Bertz CT molecular complexity index is 442. The second-order valence-electron chi connectivity index (χ2n) is 4.45. The molecule has 1 aliphatic rings. The van der Waals surface area contributed by atoms with Crippen molar-refractivity contribution in [1.29, 1.82) is 0 Å². The summed E-state index contributed by atoms with van der Waals surface area (Å²) in [5.74, 6) is -1.48. The first-order valence-electron chi connectivity index (χ1n) is 5.67. The molecule has 0 spiro atoms. The second-order valence-corrected chi connectivity index (χ2v) is 4.45. The summed E-state index contributed by atoms with van der Waals surface area (Å²) in [4.78, 5) is 13.1. The third kappa shape index (κ3) is 2.65. The molecule has 1 amide bonds. The summed E-state index contributed by atoms with van der Waals surface area (Å²) >= 11 is 0. The first-order valence-corrected chi connectivity index (χ1v) is 5.67. The number of carbonyl (C=O) groups excluding carboxylic acids is 1. The van der Waals surface area contributed by atoms with Gasteiger partial charge in [0.25, 0.3) is 5.91 Å². The van der Waals surface area contributed by atoms with Gasteiger partial charge in [-0.1, -0.05) is 5.16 Å². The number of hydrogen-bond donors (Lipinski definition) is 0. The fraction of sp³-hybridized carbons (Fsp3) is 0.636. The molecule has 1 aromatic rings. The highest BCUT2D eigenvalue weighted by atomic mass is 19.4. The van der Waals surface area contributed by atoms with Gasteiger partial charge in [-0.15, -0.1) is 0 Å². The molecule has 18 heavy (non-hydrogen) atoms. The van der Waals surface area contributed by atoms with Crippen LogP contribution in [0, 0.1) is 12.8 Å². The predicted octanol–water partition coefficient (Wildman–Crippen LogP) is 2.40. The minimum Gasteiger partial charge on any atom is -0.361 e. The van der Waals surface area contributed by atoms with Crippen molar-refractivity contribution in [2.45, 2.75) is 25.9 Å². The highest BCUT2D eigenvalue weighted by Gasteiger charge is 2.43. The Labute approximate surface area is 102 Å². The van der Waals surface area contributed by atoms with E-state index in [2.05, 4.69) is 5.16 Å². The molecule has 100 valence electrons. The minimum absolute atomic E-state index is 0.0651. The molecule has 0 aliphatic carbocycles. The summed E-state index contributed by atoms with van der Waals surface area (Å²) in [6.07, 6.45) is -3.82. The van der Waals surface area contributed by atoms with E-state index in [-0.39, 0.29) is 18.7 Å². The number of hydrogen-bond acceptors (Lipinski definition) is 3. The number of amides is 1. The zero-order valence-corrected chi connectivity index (χ0v) is 9.83. The summed E-state index contributed by atoms with van der Waals surface area (Å²) in [5, 5.41) is 3.53. The van der Waals surface area contributed by atoms with Gasteiger partial charge in [-0.05, 0) is 19.8 Å². The standard InChI is InChI=1S/C11H13F3N2O2/c1-7-5-9(15-18-7)10(17)16-4-2-3-8(6-16)11(12,13)14/h5,8H,2-4,6H2,1H3. The summed E-state index contributed by atoms with van der Waals surface area (Å²) in [5.41, 5.74) is 0.0651. The molecule has 4 nitrogen and oxygen atoms in total. The van der Waals surface area contributed by atoms with Crippen LogP contribution < -0.4 is 0 Å². The van der Waals surface area contributed by atoms with E-state index < -0.39 is 18.0 Å². The second kappa shape index (κ2) is 4.62. The van der Waals surface area contributed by atoms with E-state index in [9.17, 15) is 18.0 Å². The maximum atomic E-state index is 12.6. The molecule has 1 aliphatic heterocycles. The van der Waals surface area contributed by atoms with Gasteiger partial charge >= 0.3 is 6.18 Å². The van der Waals surface area contributed by atoms with Crippen molar-refractivity contribution in [3.63, 3.8) is 0 Å². The zero-order chi connectivity index (χ0) is 13.3. The molecule has 1 fully saturated rings. The van der Waals surface area contributed by atoms with Crippen molar-refractivity contribution in [3.05, 3.63) is 17.5 Å². The number of piperidine rings is 1. The number of aromatic nitrogens is 1. The first kappa shape index (κ1) is 12.9. The number of halogens is 3. The van der Waals surface area contributed by atoms with Gasteiger partial charge in [-0.2, -0.15) is 13.2 Å². The van der Waals surface area contributed by atoms with Crippen molar-refractivity contribution >= 4 is 5.91 Å². The number of rotatable bonds is 1. The average Bonchev–Trinajstić information content (AvgIpc) is 2.74. The third-order valence-corrected chi connectivity index (χ3v) is 3.02. The lowest BCUT2D eigenvalue weighted by Crippen LogP contribution is -2.44. The Balaban J connectivity index is 2.07. The van der Waals surface area contributed by atoms with Gasteiger partial charge in [0.2, 0.25) is 0 Å². The van der Waals surface area contributed by atoms with Crippen LogP contribution in [-0.4, -0.2) is 35.2 Å². The van der Waals surface area contributed by atoms with Gasteiger partial charge in [0.15, 0.2) is 5.69 Å². The normalized spacial score (nSPS) is 21.1. The topological polar surface area (TPSA) is 46.3 Å². The molecule has 1 saturated heterocycles. The van der Waals surface area contributed by atoms with Gasteiger partial charge < -0.3 is 9.42 Å². The van der Waals surface area contributed by atoms with E-state index in [1.54, 1.807) is 6.92 Å². The van der Waals surface area contributed by atoms with Crippen LogP contribution in [0.25, 0.3) is 0 Å². The van der Waals surface area contributed by atoms with Crippen LogP contribution in [0.5, 0.6) is 0 Å². The molecule has 0 bridgehead atoms. The summed E-state index contributed by atoms with van der Waals surface area (Å²) in [7, 11) is 0. The summed E-state index contributed by atoms with van der Waals surface area (Å²) in [6.45, 7) is 1.66. The molecule has 2 rings (SSSR count). The molecule has 2 heterocycles. The molecule has 1 atom stereocenters. The molecule has 0 aromatic carbocycles. The van der Waals surface area contributed by atoms with E-state index in [4.69, 9.17) is 4.52 Å². The summed E-state index contributed by atoms with van der Waals surface area (Å²) in [6, 6.07) is 1.43. The van der Waals surface area contributed by atoms with E-state index in [1.807, 2.05) is 0 Å².